The van der Waals surface area contributed by atoms with Crippen LogP contribution in [0.5, 0.6) is 5.88 Å². The van der Waals surface area contributed by atoms with E-state index in [1.165, 1.54) is 27.3 Å². The van der Waals surface area contributed by atoms with Gasteiger partial charge >= 0.3 is 0 Å². The average Bonchev–Trinajstić information content (AvgIpc) is 2.26. The third-order valence-corrected chi connectivity index (χ3v) is 2.11. The maximum absolute atomic E-state index is 11.6. The molecule has 1 aromatic heterocycles. The third-order valence-electron chi connectivity index (χ3n) is 1.82. The first-order chi connectivity index (χ1) is 7.10. The zero-order valence-corrected chi connectivity index (χ0v) is 9.41. The molecule has 1 rings (SSSR count). The summed E-state index contributed by atoms with van der Waals surface area (Å²) in [5.74, 6) is -0.00530. The van der Waals surface area contributed by atoms with Crippen molar-refractivity contribution in [2.24, 2.45) is 0 Å². The van der Waals surface area contributed by atoms with Crippen molar-refractivity contribution in [2.45, 2.75) is 0 Å². The number of carbonyl (C=O) groups is 1. The highest BCUT2D eigenvalue weighted by molar-refractivity contribution is 6.32. The van der Waals surface area contributed by atoms with Gasteiger partial charge in [-0.2, -0.15) is 0 Å². The minimum atomic E-state index is -0.363. The van der Waals surface area contributed by atoms with Gasteiger partial charge < -0.3 is 4.74 Å². The number of pyridine rings is 1. The molecule has 82 valence electrons. The molecular formula is C9H11ClN2O3. The number of carbonyl (C=O) groups excluding carboxylic acids is 1. The lowest BCUT2D eigenvalue weighted by Crippen LogP contribution is -2.25. The van der Waals surface area contributed by atoms with Crippen molar-refractivity contribution >= 4 is 17.5 Å². The molecule has 0 saturated carbocycles. The Morgan fingerprint density at radius 2 is 2.13 bits per heavy atom. The zero-order chi connectivity index (χ0) is 11.4. The number of hydrogen-bond acceptors (Lipinski definition) is 4. The van der Waals surface area contributed by atoms with E-state index in [4.69, 9.17) is 21.2 Å². The van der Waals surface area contributed by atoms with Gasteiger partial charge in [-0.05, 0) is 6.07 Å². The van der Waals surface area contributed by atoms with Crippen LogP contribution in [0.1, 0.15) is 10.4 Å². The van der Waals surface area contributed by atoms with Gasteiger partial charge in [0.1, 0.15) is 5.15 Å². The normalized spacial score (nSPS) is 9.87. The largest absolute Gasteiger partial charge is 0.481 e. The summed E-state index contributed by atoms with van der Waals surface area (Å²) in [4.78, 5) is 20.2. The van der Waals surface area contributed by atoms with Crippen LogP contribution in [-0.2, 0) is 4.84 Å². The van der Waals surface area contributed by atoms with Crippen LogP contribution >= 0.6 is 11.6 Å². The zero-order valence-electron chi connectivity index (χ0n) is 8.65. The molecule has 0 aliphatic rings. The maximum atomic E-state index is 11.6. The van der Waals surface area contributed by atoms with E-state index in [0.29, 0.717) is 5.88 Å². The van der Waals surface area contributed by atoms with Crippen LogP contribution < -0.4 is 4.74 Å². The van der Waals surface area contributed by atoms with E-state index in [0.717, 1.165) is 5.06 Å². The van der Waals surface area contributed by atoms with Gasteiger partial charge in [0, 0.05) is 13.1 Å². The number of rotatable bonds is 3. The van der Waals surface area contributed by atoms with Crippen molar-refractivity contribution < 1.29 is 14.4 Å². The molecule has 15 heavy (non-hydrogen) atoms. The molecule has 0 aromatic carbocycles. The highest BCUT2D eigenvalue weighted by atomic mass is 35.5. The molecule has 0 radical (unpaired) electrons. The minimum Gasteiger partial charge on any atom is -0.481 e. The van der Waals surface area contributed by atoms with E-state index in [2.05, 4.69) is 4.98 Å². The van der Waals surface area contributed by atoms with E-state index >= 15 is 0 Å². The van der Waals surface area contributed by atoms with Crippen LogP contribution in [0.4, 0.5) is 0 Å². The minimum absolute atomic E-state index is 0.0863. The number of aromatic nitrogens is 1. The molecule has 0 aliphatic heterocycles. The van der Waals surface area contributed by atoms with Crippen LogP contribution in [0, 0.1) is 0 Å². The number of halogens is 1. The Morgan fingerprint density at radius 3 is 2.60 bits per heavy atom. The molecule has 0 saturated heterocycles. The van der Waals surface area contributed by atoms with Crippen LogP contribution in [0.15, 0.2) is 12.1 Å². The molecule has 1 aromatic rings. The summed E-state index contributed by atoms with van der Waals surface area (Å²) in [6.45, 7) is 0. The molecular weight excluding hydrogens is 220 g/mol. The SMILES string of the molecule is COc1ccc(C(=O)N(C)OC)c(Cl)n1. The smallest absolute Gasteiger partial charge is 0.280 e. The van der Waals surface area contributed by atoms with E-state index in [1.807, 2.05) is 0 Å². The van der Waals surface area contributed by atoms with Gasteiger partial charge in [-0.25, -0.2) is 10.0 Å². The molecule has 0 unspecified atom stereocenters. The molecule has 0 bridgehead atoms. The van der Waals surface area contributed by atoms with E-state index in [-0.39, 0.29) is 16.6 Å². The Hall–Kier alpha value is -1.33. The fourth-order valence-corrected chi connectivity index (χ4v) is 1.17. The fraction of sp³-hybridized carbons (Fsp3) is 0.333. The van der Waals surface area contributed by atoms with Gasteiger partial charge in [-0.3, -0.25) is 9.63 Å². The number of nitrogens with zero attached hydrogens (tertiary/aromatic N) is 2. The molecule has 0 N–H and O–H groups in total. The van der Waals surface area contributed by atoms with Gasteiger partial charge in [0.25, 0.3) is 5.91 Å². The quantitative estimate of drug-likeness (QED) is 0.582. The number of hydroxylamine groups is 2. The van der Waals surface area contributed by atoms with Crippen LogP contribution in [0.3, 0.4) is 0 Å². The van der Waals surface area contributed by atoms with Crippen molar-refractivity contribution in [2.75, 3.05) is 21.3 Å². The first kappa shape index (κ1) is 11.7. The van der Waals surface area contributed by atoms with Crippen molar-refractivity contribution in [3.63, 3.8) is 0 Å². The molecule has 1 amide bonds. The van der Waals surface area contributed by atoms with Gasteiger partial charge in [0.15, 0.2) is 0 Å². The molecule has 0 atom stereocenters. The van der Waals surface area contributed by atoms with Crippen molar-refractivity contribution in [3.8, 4) is 5.88 Å². The number of amides is 1. The Kier molecular flexibility index (Phi) is 3.88. The lowest BCUT2D eigenvalue weighted by atomic mass is 10.2. The summed E-state index contributed by atoms with van der Waals surface area (Å²) in [6, 6.07) is 3.09. The maximum Gasteiger partial charge on any atom is 0.280 e. The molecule has 6 heteroatoms. The monoisotopic (exact) mass is 230 g/mol. The second kappa shape index (κ2) is 4.95. The summed E-state index contributed by atoms with van der Waals surface area (Å²) >= 11 is 5.81. The summed E-state index contributed by atoms with van der Waals surface area (Å²) in [5.41, 5.74) is 0.266. The van der Waals surface area contributed by atoms with Crippen molar-refractivity contribution in [1.82, 2.24) is 10.0 Å². The fourth-order valence-electron chi connectivity index (χ4n) is 0.943. The van der Waals surface area contributed by atoms with Gasteiger partial charge in [-0.15, -0.1) is 0 Å². The summed E-state index contributed by atoms with van der Waals surface area (Å²) < 4.78 is 4.86. The number of hydrogen-bond donors (Lipinski definition) is 0. The lowest BCUT2D eigenvalue weighted by Gasteiger charge is -2.14. The van der Waals surface area contributed by atoms with Gasteiger partial charge in [0.2, 0.25) is 5.88 Å². The molecule has 1 heterocycles. The first-order valence-corrected chi connectivity index (χ1v) is 4.50. The predicted molar refractivity (Wildman–Crippen MR) is 54.9 cm³/mol. The lowest BCUT2D eigenvalue weighted by molar-refractivity contribution is -0.0757. The Balaban J connectivity index is 3.00. The molecule has 0 fully saturated rings. The van der Waals surface area contributed by atoms with Crippen molar-refractivity contribution in [3.05, 3.63) is 22.8 Å². The molecule has 5 nitrogen and oxygen atoms in total. The van der Waals surface area contributed by atoms with Crippen LogP contribution in [-0.4, -0.2) is 37.2 Å². The Bertz CT molecular complexity index is 370. The highest BCUT2D eigenvalue weighted by Crippen LogP contribution is 2.18. The van der Waals surface area contributed by atoms with Gasteiger partial charge in [-0.1, -0.05) is 11.6 Å². The number of ether oxygens (including phenoxy) is 1. The van der Waals surface area contributed by atoms with Crippen LogP contribution in [0.25, 0.3) is 0 Å². The van der Waals surface area contributed by atoms with E-state index in [9.17, 15) is 4.79 Å². The Labute approximate surface area is 92.5 Å². The second-order valence-electron chi connectivity index (χ2n) is 2.68. The van der Waals surface area contributed by atoms with Crippen molar-refractivity contribution in [1.29, 1.82) is 0 Å². The summed E-state index contributed by atoms with van der Waals surface area (Å²) in [6.07, 6.45) is 0. The van der Waals surface area contributed by atoms with Crippen LogP contribution in [0.2, 0.25) is 5.15 Å². The second-order valence-corrected chi connectivity index (χ2v) is 3.04. The Morgan fingerprint density at radius 1 is 1.47 bits per heavy atom. The predicted octanol–water partition coefficient (Wildman–Crippen LogP) is 1.38. The first-order valence-electron chi connectivity index (χ1n) is 4.13. The summed E-state index contributed by atoms with van der Waals surface area (Å²) in [7, 11) is 4.35. The standard InChI is InChI=1S/C9H11ClN2O3/c1-12(15-3)9(13)6-4-5-7(14-2)11-8(6)10/h4-5H,1-3H3. The van der Waals surface area contributed by atoms with E-state index < -0.39 is 0 Å². The number of methoxy groups -OCH3 is 1. The topological polar surface area (TPSA) is 51.7 Å². The van der Waals surface area contributed by atoms with Gasteiger partial charge in [0.05, 0.1) is 19.8 Å². The summed E-state index contributed by atoms with van der Waals surface area (Å²) in [5, 5.41) is 1.15. The highest BCUT2D eigenvalue weighted by Gasteiger charge is 2.16. The van der Waals surface area contributed by atoms with E-state index in [1.54, 1.807) is 6.07 Å². The molecule has 0 aliphatic carbocycles. The molecule has 0 spiro atoms. The third kappa shape index (κ3) is 2.57. The average molecular weight is 231 g/mol.